The molecule has 0 radical (unpaired) electrons. The summed E-state index contributed by atoms with van der Waals surface area (Å²) in [6.45, 7) is -1.41. The van der Waals surface area contributed by atoms with Gasteiger partial charge < -0.3 is 20.1 Å². The molecule has 0 saturated heterocycles. The van der Waals surface area contributed by atoms with Crippen molar-refractivity contribution in [3.63, 3.8) is 0 Å². The fourth-order valence-electron chi connectivity index (χ4n) is 0.327. The van der Waals surface area contributed by atoms with E-state index in [1.54, 1.807) is 0 Å². The number of carbonyl (C=O) groups excluding carboxylic acids is 1. The minimum atomic E-state index is -1.32. The maximum atomic E-state index is 9.75. The summed E-state index contributed by atoms with van der Waals surface area (Å²) < 4.78 is 0. The van der Waals surface area contributed by atoms with E-state index in [1.807, 2.05) is 0 Å². The molecule has 0 amide bonds. The van der Waals surface area contributed by atoms with E-state index in [0.29, 0.717) is 0 Å². The molecule has 0 heterocycles. The standard InChI is InChI=1S/C4H9NO4/c6-2-5(3-7)1-4(8)9/h6-7H,1-3H2,(H,8,9)/p-1. The number of rotatable bonds is 4. The number of carboxylic acids is 1. The Balaban J connectivity index is 3.43. The molecule has 0 saturated carbocycles. The number of hydrogen-bond acceptors (Lipinski definition) is 5. The maximum Gasteiger partial charge on any atom is 0.0977 e. The Kier molecular flexibility index (Phi) is 3.94. The van der Waals surface area contributed by atoms with Crippen LogP contribution in [-0.2, 0) is 4.79 Å². The highest BCUT2D eigenvalue weighted by atomic mass is 16.4. The second kappa shape index (κ2) is 4.25. The second-order valence-electron chi connectivity index (χ2n) is 1.48. The Morgan fingerprint density at radius 2 is 1.89 bits per heavy atom. The summed E-state index contributed by atoms with van der Waals surface area (Å²) >= 11 is 0. The number of nitrogens with zero attached hydrogens (tertiary/aromatic N) is 1. The van der Waals surface area contributed by atoms with Gasteiger partial charge in [-0.1, -0.05) is 0 Å². The van der Waals surface area contributed by atoms with E-state index in [1.165, 1.54) is 0 Å². The molecule has 0 aliphatic rings. The van der Waals surface area contributed by atoms with E-state index < -0.39 is 26.0 Å². The minimum Gasteiger partial charge on any atom is -0.549 e. The first-order valence-electron chi connectivity index (χ1n) is 2.34. The summed E-state index contributed by atoms with van der Waals surface area (Å²) in [7, 11) is 0. The average Bonchev–Trinajstić information content (AvgIpc) is 1.82. The summed E-state index contributed by atoms with van der Waals surface area (Å²) in [4.78, 5) is 10.7. The van der Waals surface area contributed by atoms with Crippen molar-refractivity contribution >= 4 is 5.97 Å². The zero-order valence-corrected chi connectivity index (χ0v) is 4.78. The quantitative estimate of drug-likeness (QED) is 0.399. The molecule has 2 N–H and O–H groups in total. The van der Waals surface area contributed by atoms with Crippen LogP contribution in [0.5, 0.6) is 0 Å². The molecule has 0 aromatic carbocycles. The molecule has 0 rings (SSSR count). The van der Waals surface area contributed by atoms with Crippen molar-refractivity contribution < 1.29 is 20.1 Å². The molecule has 0 spiro atoms. The lowest BCUT2D eigenvalue weighted by Crippen LogP contribution is -2.38. The summed E-state index contributed by atoms with van der Waals surface area (Å²) in [5.74, 6) is -1.32. The molecular formula is C4H8NO4-. The van der Waals surface area contributed by atoms with E-state index in [0.717, 1.165) is 4.90 Å². The number of hydrogen-bond donors (Lipinski definition) is 2. The smallest absolute Gasteiger partial charge is 0.0977 e. The molecule has 0 aliphatic heterocycles. The van der Waals surface area contributed by atoms with Gasteiger partial charge in [0.15, 0.2) is 0 Å². The third-order valence-electron chi connectivity index (χ3n) is 0.753. The molecular weight excluding hydrogens is 126 g/mol. The Bertz CT molecular complexity index is 90.6. The van der Waals surface area contributed by atoms with Crippen molar-refractivity contribution in [3.8, 4) is 0 Å². The van der Waals surface area contributed by atoms with Crippen LogP contribution in [-0.4, -0.2) is 41.1 Å². The summed E-state index contributed by atoms with van der Waals surface area (Å²) in [6.07, 6.45) is 0. The van der Waals surface area contributed by atoms with E-state index >= 15 is 0 Å². The van der Waals surface area contributed by atoms with Gasteiger partial charge in [0.25, 0.3) is 0 Å². The van der Waals surface area contributed by atoms with Gasteiger partial charge in [0, 0.05) is 6.54 Å². The molecule has 54 valence electrons. The first-order valence-corrected chi connectivity index (χ1v) is 2.34. The molecule has 0 aliphatic carbocycles. The number of aliphatic hydroxyl groups is 2. The topological polar surface area (TPSA) is 83.8 Å². The largest absolute Gasteiger partial charge is 0.549 e. The number of aliphatic hydroxyl groups excluding tert-OH is 2. The summed E-state index contributed by atoms with van der Waals surface area (Å²) in [5, 5.41) is 26.3. The summed E-state index contributed by atoms with van der Waals surface area (Å²) in [6, 6.07) is 0. The lowest BCUT2D eigenvalue weighted by atomic mass is 10.6. The van der Waals surface area contributed by atoms with Crippen molar-refractivity contribution in [2.75, 3.05) is 20.0 Å². The average molecular weight is 134 g/mol. The van der Waals surface area contributed by atoms with Gasteiger partial charge in [0.2, 0.25) is 0 Å². The Labute approximate surface area is 52.1 Å². The van der Waals surface area contributed by atoms with E-state index in [-0.39, 0.29) is 0 Å². The van der Waals surface area contributed by atoms with Crippen molar-refractivity contribution in [2.24, 2.45) is 0 Å². The molecule has 0 fully saturated rings. The summed E-state index contributed by atoms with van der Waals surface area (Å²) in [5.41, 5.74) is 0. The fourth-order valence-corrected chi connectivity index (χ4v) is 0.327. The highest BCUT2D eigenvalue weighted by Gasteiger charge is 1.98. The number of carboxylic acid groups (broad SMARTS) is 1. The Morgan fingerprint density at radius 3 is 2.00 bits per heavy atom. The van der Waals surface area contributed by atoms with Crippen LogP contribution in [0, 0.1) is 0 Å². The minimum absolute atomic E-state index is 0.451. The third-order valence-corrected chi connectivity index (χ3v) is 0.753. The zero-order chi connectivity index (χ0) is 7.28. The van der Waals surface area contributed by atoms with Crippen molar-refractivity contribution in [1.82, 2.24) is 4.90 Å². The van der Waals surface area contributed by atoms with E-state index in [2.05, 4.69) is 0 Å². The van der Waals surface area contributed by atoms with Gasteiger partial charge in [-0.3, -0.25) is 4.90 Å². The van der Waals surface area contributed by atoms with E-state index in [4.69, 9.17) is 10.2 Å². The van der Waals surface area contributed by atoms with Gasteiger partial charge in [-0.25, -0.2) is 0 Å². The number of aliphatic carboxylic acids is 1. The van der Waals surface area contributed by atoms with Gasteiger partial charge in [0.1, 0.15) is 0 Å². The van der Waals surface area contributed by atoms with Crippen LogP contribution in [0.1, 0.15) is 0 Å². The third kappa shape index (κ3) is 3.89. The van der Waals surface area contributed by atoms with Crippen LogP contribution in [0.4, 0.5) is 0 Å². The van der Waals surface area contributed by atoms with Crippen LogP contribution < -0.4 is 5.11 Å². The van der Waals surface area contributed by atoms with E-state index in [9.17, 15) is 9.90 Å². The first-order chi connectivity index (χ1) is 4.20. The SMILES string of the molecule is O=C([O-])CN(CO)CO. The second-order valence-corrected chi connectivity index (χ2v) is 1.48. The fraction of sp³-hybridized carbons (Fsp3) is 0.750. The van der Waals surface area contributed by atoms with Gasteiger partial charge in [0.05, 0.1) is 19.4 Å². The van der Waals surface area contributed by atoms with Gasteiger partial charge >= 0.3 is 0 Å². The highest BCUT2D eigenvalue weighted by molar-refractivity contribution is 5.66. The van der Waals surface area contributed by atoms with Crippen LogP contribution in [0.25, 0.3) is 0 Å². The number of carbonyl (C=O) groups is 1. The molecule has 9 heavy (non-hydrogen) atoms. The lowest BCUT2D eigenvalue weighted by Gasteiger charge is -2.15. The molecule has 0 aromatic rings. The van der Waals surface area contributed by atoms with Gasteiger partial charge in [-0.05, 0) is 0 Å². The lowest BCUT2D eigenvalue weighted by molar-refractivity contribution is -0.307. The van der Waals surface area contributed by atoms with Crippen molar-refractivity contribution in [1.29, 1.82) is 0 Å². The van der Waals surface area contributed by atoms with Crippen LogP contribution in [0.15, 0.2) is 0 Å². The highest BCUT2D eigenvalue weighted by Crippen LogP contribution is 1.78. The normalized spacial score (nSPS) is 10.1. The molecule has 5 heteroatoms. The maximum absolute atomic E-state index is 9.75. The monoisotopic (exact) mass is 134 g/mol. The zero-order valence-electron chi connectivity index (χ0n) is 4.78. The molecule has 0 bridgehead atoms. The van der Waals surface area contributed by atoms with Gasteiger partial charge in [-0.2, -0.15) is 0 Å². The Hall–Kier alpha value is -0.650. The van der Waals surface area contributed by atoms with Crippen molar-refractivity contribution in [3.05, 3.63) is 0 Å². The molecule has 0 aromatic heterocycles. The van der Waals surface area contributed by atoms with Crippen LogP contribution in [0.2, 0.25) is 0 Å². The van der Waals surface area contributed by atoms with Crippen LogP contribution in [0.3, 0.4) is 0 Å². The first kappa shape index (κ1) is 8.35. The molecule has 5 nitrogen and oxygen atoms in total. The molecule has 0 atom stereocenters. The van der Waals surface area contributed by atoms with Crippen molar-refractivity contribution in [2.45, 2.75) is 0 Å². The predicted molar refractivity (Wildman–Crippen MR) is 25.9 cm³/mol. The van der Waals surface area contributed by atoms with Gasteiger partial charge in [-0.15, -0.1) is 0 Å². The Morgan fingerprint density at radius 1 is 1.44 bits per heavy atom. The van der Waals surface area contributed by atoms with Crippen LogP contribution >= 0.6 is 0 Å². The molecule has 0 unspecified atom stereocenters. The predicted octanol–water partition coefficient (Wildman–Crippen LogP) is -3.06.